The maximum absolute atomic E-state index is 14.5. The van der Waals surface area contributed by atoms with Crippen LogP contribution < -0.4 is 0 Å². The molecule has 9 heteroatoms. The fourth-order valence-corrected chi connectivity index (χ4v) is 4.58. The number of hydrogen-bond acceptors (Lipinski definition) is 7. The molecule has 0 bridgehead atoms. The summed E-state index contributed by atoms with van der Waals surface area (Å²) in [6.07, 6.45) is 2.35. The van der Waals surface area contributed by atoms with E-state index in [1.807, 2.05) is 6.92 Å². The lowest BCUT2D eigenvalue weighted by Crippen LogP contribution is -2.44. The van der Waals surface area contributed by atoms with Crippen LogP contribution in [0.2, 0.25) is 0 Å². The second kappa shape index (κ2) is 10.0. The second-order valence-corrected chi connectivity index (χ2v) is 10.2. The summed E-state index contributed by atoms with van der Waals surface area (Å²) in [7, 11) is 0. The van der Waals surface area contributed by atoms with Crippen molar-refractivity contribution in [2.75, 3.05) is 13.2 Å². The maximum Gasteiger partial charge on any atom is 0.410 e. The van der Waals surface area contributed by atoms with Gasteiger partial charge in [-0.05, 0) is 47.5 Å². The number of likely N-dealkylation sites (tertiary alicyclic amines) is 1. The van der Waals surface area contributed by atoms with Gasteiger partial charge in [-0.1, -0.05) is 31.3 Å². The number of amides is 1. The second-order valence-electron chi connectivity index (χ2n) is 10.2. The number of hydrogen-bond donors (Lipinski definition) is 0. The predicted molar refractivity (Wildman–Crippen MR) is 116 cm³/mol. The molecule has 3 rings (SSSR count). The third-order valence-electron chi connectivity index (χ3n) is 6.18. The number of carbonyl (C=O) groups is 1. The zero-order valence-electron chi connectivity index (χ0n) is 20.2. The normalized spacial score (nSPS) is 25.5. The number of ether oxygens (including phenoxy) is 3. The van der Waals surface area contributed by atoms with Gasteiger partial charge in [0.1, 0.15) is 17.9 Å². The van der Waals surface area contributed by atoms with E-state index >= 15 is 0 Å². The summed E-state index contributed by atoms with van der Waals surface area (Å²) in [6.45, 7) is 11.5. The molecule has 0 aromatic carbocycles. The molecule has 1 amide bonds. The van der Waals surface area contributed by atoms with Crippen LogP contribution in [0.5, 0.6) is 0 Å². The van der Waals surface area contributed by atoms with Crippen molar-refractivity contribution in [1.82, 2.24) is 15.0 Å². The summed E-state index contributed by atoms with van der Waals surface area (Å²) in [6, 6.07) is -0.632. The molecule has 2 heterocycles. The smallest absolute Gasteiger partial charge is 0.410 e. The van der Waals surface area contributed by atoms with Gasteiger partial charge >= 0.3 is 6.09 Å². The molecule has 1 aromatic rings. The third-order valence-corrected chi connectivity index (χ3v) is 6.18. The molecule has 1 aliphatic heterocycles. The number of alkyl halides is 1. The Labute approximate surface area is 190 Å². The molecular formula is C23H38FN3O5. The molecule has 0 spiro atoms. The number of nitrogens with zero attached hydrogens (tertiary/aromatic N) is 3. The van der Waals surface area contributed by atoms with Crippen molar-refractivity contribution in [2.45, 2.75) is 116 Å². The number of halogens is 1. The summed E-state index contributed by atoms with van der Waals surface area (Å²) in [4.78, 5) is 18.9. The zero-order chi connectivity index (χ0) is 23.5. The molecule has 182 valence electrons. The van der Waals surface area contributed by atoms with Crippen molar-refractivity contribution in [3.63, 3.8) is 0 Å². The molecule has 1 aromatic heterocycles. The highest BCUT2D eigenvalue weighted by Gasteiger charge is 2.46. The monoisotopic (exact) mass is 455 g/mol. The maximum atomic E-state index is 14.5. The van der Waals surface area contributed by atoms with Gasteiger partial charge in [0.25, 0.3) is 0 Å². The molecule has 1 saturated heterocycles. The Morgan fingerprint density at radius 2 is 2.00 bits per heavy atom. The Morgan fingerprint density at radius 1 is 1.31 bits per heavy atom. The van der Waals surface area contributed by atoms with Crippen LogP contribution in [0.25, 0.3) is 0 Å². The standard InChI is InChI=1S/C23H38FN3O5/c1-7-29-15(2)30-18(17-13-16(24)14-27(17)21(28)31-22(3,4)5)19-25-20(32-26-19)23(6)11-9-8-10-12-23/h15-18H,7-14H2,1-6H3/t15?,16-,17-,18?/m0/s1. The highest BCUT2D eigenvalue weighted by Crippen LogP contribution is 2.40. The van der Waals surface area contributed by atoms with E-state index in [1.54, 1.807) is 27.7 Å². The van der Waals surface area contributed by atoms with Crippen molar-refractivity contribution in [2.24, 2.45) is 0 Å². The topological polar surface area (TPSA) is 86.9 Å². The summed E-state index contributed by atoms with van der Waals surface area (Å²) >= 11 is 0. The minimum Gasteiger partial charge on any atom is -0.444 e. The lowest BCUT2D eigenvalue weighted by Gasteiger charge is -2.32. The molecule has 2 unspecified atom stereocenters. The van der Waals surface area contributed by atoms with Gasteiger partial charge in [0.05, 0.1) is 12.6 Å². The van der Waals surface area contributed by atoms with E-state index in [1.165, 1.54) is 11.3 Å². The number of aromatic nitrogens is 2. The largest absolute Gasteiger partial charge is 0.444 e. The van der Waals surface area contributed by atoms with Crippen molar-refractivity contribution in [3.05, 3.63) is 11.7 Å². The van der Waals surface area contributed by atoms with E-state index in [-0.39, 0.29) is 18.4 Å². The van der Waals surface area contributed by atoms with Crippen LogP contribution in [0.15, 0.2) is 4.52 Å². The van der Waals surface area contributed by atoms with Gasteiger partial charge in [0.2, 0.25) is 11.7 Å². The first kappa shape index (κ1) is 24.9. The average molecular weight is 456 g/mol. The SMILES string of the molecule is CCOC(C)OC(c1noc(C2(C)CCCCC2)n1)[C@@H]1C[C@H](F)CN1C(=O)OC(C)(C)C. The van der Waals surface area contributed by atoms with Gasteiger partial charge in [-0.15, -0.1) is 0 Å². The Kier molecular flexibility index (Phi) is 7.81. The Morgan fingerprint density at radius 3 is 2.62 bits per heavy atom. The fourth-order valence-electron chi connectivity index (χ4n) is 4.58. The summed E-state index contributed by atoms with van der Waals surface area (Å²) < 4.78 is 37.4. The average Bonchev–Trinajstić information content (AvgIpc) is 3.33. The van der Waals surface area contributed by atoms with Crippen LogP contribution in [-0.2, 0) is 19.6 Å². The van der Waals surface area contributed by atoms with E-state index in [9.17, 15) is 9.18 Å². The summed E-state index contributed by atoms with van der Waals surface area (Å²) in [5, 5.41) is 4.22. The third kappa shape index (κ3) is 5.98. The molecule has 0 radical (unpaired) electrons. The van der Waals surface area contributed by atoms with Gasteiger partial charge in [-0.3, -0.25) is 4.90 Å². The van der Waals surface area contributed by atoms with Gasteiger partial charge in [0.15, 0.2) is 6.29 Å². The predicted octanol–water partition coefficient (Wildman–Crippen LogP) is 5.08. The lowest BCUT2D eigenvalue weighted by molar-refractivity contribution is -0.174. The van der Waals surface area contributed by atoms with Crippen LogP contribution >= 0.6 is 0 Å². The molecule has 2 fully saturated rings. The number of carbonyl (C=O) groups excluding carboxylic acids is 1. The molecule has 8 nitrogen and oxygen atoms in total. The van der Waals surface area contributed by atoms with Gasteiger partial charge in [0, 0.05) is 18.4 Å². The van der Waals surface area contributed by atoms with Crippen LogP contribution in [0.4, 0.5) is 9.18 Å². The first-order chi connectivity index (χ1) is 15.0. The van der Waals surface area contributed by atoms with Crippen LogP contribution in [0.1, 0.15) is 97.9 Å². The Bertz CT molecular complexity index is 759. The van der Waals surface area contributed by atoms with E-state index in [0.29, 0.717) is 18.3 Å². The van der Waals surface area contributed by atoms with Crippen molar-refractivity contribution in [3.8, 4) is 0 Å². The van der Waals surface area contributed by atoms with E-state index in [2.05, 4.69) is 12.1 Å². The zero-order valence-corrected chi connectivity index (χ0v) is 20.2. The summed E-state index contributed by atoms with van der Waals surface area (Å²) in [5.74, 6) is 0.884. The first-order valence-electron chi connectivity index (χ1n) is 11.8. The highest BCUT2D eigenvalue weighted by molar-refractivity contribution is 5.69. The van der Waals surface area contributed by atoms with E-state index in [0.717, 1.165) is 25.7 Å². The van der Waals surface area contributed by atoms with Gasteiger partial charge in [-0.25, -0.2) is 9.18 Å². The summed E-state index contributed by atoms with van der Waals surface area (Å²) in [5.41, 5.74) is -0.872. The Hall–Kier alpha value is -1.74. The Balaban J connectivity index is 1.89. The van der Waals surface area contributed by atoms with Gasteiger partial charge in [-0.2, -0.15) is 4.98 Å². The van der Waals surface area contributed by atoms with E-state index < -0.39 is 36.3 Å². The quantitative estimate of drug-likeness (QED) is 0.530. The molecular weight excluding hydrogens is 417 g/mol. The van der Waals surface area contributed by atoms with Crippen LogP contribution in [0.3, 0.4) is 0 Å². The molecule has 1 saturated carbocycles. The highest BCUT2D eigenvalue weighted by atomic mass is 19.1. The molecule has 4 atom stereocenters. The lowest BCUT2D eigenvalue weighted by atomic mass is 9.75. The first-order valence-corrected chi connectivity index (χ1v) is 11.8. The fraction of sp³-hybridized carbons (Fsp3) is 0.870. The van der Waals surface area contributed by atoms with E-state index in [4.69, 9.17) is 23.7 Å². The van der Waals surface area contributed by atoms with Crippen molar-refractivity contribution in [1.29, 1.82) is 0 Å². The van der Waals surface area contributed by atoms with Crippen molar-refractivity contribution < 1.29 is 27.9 Å². The van der Waals surface area contributed by atoms with Crippen LogP contribution in [0, 0.1) is 0 Å². The molecule has 1 aliphatic carbocycles. The molecule has 2 aliphatic rings. The van der Waals surface area contributed by atoms with Crippen LogP contribution in [-0.4, -0.2) is 58.4 Å². The number of rotatable bonds is 7. The minimum atomic E-state index is -1.19. The minimum absolute atomic E-state index is 0.0646. The van der Waals surface area contributed by atoms with Crippen molar-refractivity contribution >= 4 is 6.09 Å². The van der Waals surface area contributed by atoms with Gasteiger partial charge < -0.3 is 18.7 Å². The molecule has 32 heavy (non-hydrogen) atoms. The molecule has 0 N–H and O–H groups in total.